The molecule has 2 rings (SSSR count). The maximum absolute atomic E-state index is 12.1. The second-order valence-electron chi connectivity index (χ2n) is 4.43. The van der Waals surface area contributed by atoms with Crippen LogP contribution in [0.15, 0.2) is 35.1 Å². The molecule has 0 aliphatic rings. The molecule has 1 unspecified atom stereocenters. The third-order valence-electron chi connectivity index (χ3n) is 3.02. The molecule has 0 radical (unpaired) electrons. The van der Waals surface area contributed by atoms with Gasteiger partial charge in [-0.1, -0.05) is 18.2 Å². The summed E-state index contributed by atoms with van der Waals surface area (Å²) in [6.45, 7) is 1.78. The van der Waals surface area contributed by atoms with Crippen LogP contribution in [0.1, 0.15) is 12.5 Å². The second-order valence-corrected chi connectivity index (χ2v) is 5.08. The summed E-state index contributed by atoms with van der Waals surface area (Å²) in [4.78, 5) is 23.6. The van der Waals surface area contributed by atoms with Gasteiger partial charge in [-0.05, 0) is 24.4 Å². The molecule has 0 saturated carbocycles. The zero-order chi connectivity index (χ0) is 14.0. The Morgan fingerprint density at radius 1 is 1.42 bits per heavy atom. The topological polar surface area (TPSA) is 51.1 Å². The Labute approximate surface area is 116 Å². The highest BCUT2D eigenvalue weighted by Crippen LogP contribution is 2.12. The Bertz CT molecular complexity index is 677. The number of rotatable bonds is 3. The molecule has 1 heterocycles. The SMILES string of the molecule is CC(Cl)C(=O)NCc1cc2ccccc2n(C)c1=O. The number of halogens is 1. The number of pyridine rings is 1. The van der Waals surface area contributed by atoms with E-state index >= 15 is 0 Å². The molecule has 19 heavy (non-hydrogen) atoms. The number of carbonyl (C=O) groups is 1. The minimum Gasteiger partial charge on any atom is -0.351 e. The zero-order valence-corrected chi connectivity index (χ0v) is 11.6. The first-order chi connectivity index (χ1) is 9.00. The van der Waals surface area contributed by atoms with Crippen molar-refractivity contribution in [2.24, 2.45) is 7.05 Å². The molecule has 4 nitrogen and oxygen atoms in total. The quantitative estimate of drug-likeness (QED) is 0.870. The van der Waals surface area contributed by atoms with Gasteiger partial charge in [-0.25, -0.2) is 0 Å². The third kappa shape index (κ3) is 2.79. The summed E-state index contributed by atoms with van der Waals surface area (Å²) in [6, 6.07) is 9.43. The number of hydrogen-bond donors (Lipinski definition) is 1. The smallest absolute Gasteiger partial charge is 0.255 e. The molecule has 5 heteroatoms. The molecule has 0 aliphatic carbocycles. The fraction of sp³-hybridized carbons (Fsp3) is 0.286. The predicted molar refractivity (Wildman–Crippen MR) is 76.4 cm³/mol. The van der Waals surface area contributed by atoms with Gasteiger partial charge in [0.05, 0.1) is 5.52 Å². The molecule has 1 aromatic heterocycles. The van der Waals surface area contributed by atoms with E-state index in [1.807, 2.05) is 24.3 Å². The molecule has 1 amide bonds. The fourth-order valence-electron chi connectivity index (χ4n) is 1.94. The summed E-state index contributed by atoms with van der Waals surface area (Å²) in [5.74, 6) is -0.281. The number of amides is 1. The summed E-state index contributed by atoms with van der Waals surface area (Å²) in [7, 11) is 1.72. The van der Waals surface area contributed by atoms with Gasteiger partial charge < -0.3 is 9.88 Å². The number of nitrogens with one attached hydrogen (secondary N) is 1. The van der Waals surface area contributed by atoms with Crippen molar-refractivity contribution in [1.82, 2.24) is 9.88 Å². The van der Waals surface area contributed by atoms with Crippen LogP contribution in [0.4, 0.5) is 0 Å². The van der Waals surface area contributed by atoms with E-state index in [2.05, 4.69) is 5.32 Å². The lowest BCUT2D eigenvalue weighted by molar-refractivity contribution is -0.120. The van der Waals surface area contributed by atoms with Gasteiger partial charge in [0.25, 0.3) is 5.56 Å². The molecule has 1 atom stereocenters. The summed E-state index contributed by atoms with van der Waals surface area (Å²) < 4.78 is 1.58. The van der Waals surface area contributed by atoms with E-state index in [9.17, 15) is 9.59 Å². The van der Waals surface area contributed by atoms with Gasteiger partial charge in [-0.15, -0.1) is 11.6 Å². The summed E-state index contributed by atoms with van der Waals surface area (Å²) in [6.07, 6.45) is 0. The van der Waals surface area contributed by atoms with Crippen LogP contribution in [0, 0.1) is 0 Å². The first-order valence-electron chi connectivity index (χ1n) is 6.00. The lowest BCUT2D eigenvalue weighted by Crippen LogP contribution is -2.32. The van der Waals surface area contributed by atoms with Gasteiger partial charge in [0.15, 0.2) is 0 Å². The standard InChI is InChI=1S/C14H15ClN2O2/c1-9(15)13(18)16-8-11-7-10-5-3-4-6-12(10)17(2)14(11)19/h3-7,9H,8H2,1-2H3,(H,16,18). The van der Waals surface area contributed by atoms with Crippen molar-refractivity contribution in [3.05, 3.63) is 46.2 Å². The molecular weight excluding hydrogens is 264 g/mol. The average molecular weight is 279 g/mol. The lowest BCUT2D eigenvalue weighted by Gasteiger charge is -2.10. The number of hydrogen-bond acceptors (Lipinski definition) is 2. The highest BCUT2D eigenvalue weighted by Gasteiger charge is 2.11. The minimum atomic E-state index is -0.607. The average Bonchev–Trinajstić information content (AvgIpc) is 2.40. The van der Waals surface area contributed by atoms with Gasteiger partial charge >= 0.3 is 0 Å². The maximum Gasteiger partial charge on any atom is 0.255 e. The van der Waals surface area contributed by atoms with Crippen LogP contribution in [0.5, 0.6) is 0 Å². The molecule has 2 aromatic rings. The van der Waals surface area contributed by atoms with E-state index in [0.717, 1.165) is 10.9 Å². The molecule has 0 saturated heterocycles. The van der Waals surface area contributed by atoms with Crippen molar-refractivity contribution >= 4 is 28.4 Å². The first-order valence-corrected chi connectivity index (χ1v) is 6.44. The second kappa shape index (κ2) is 5.45. The largest absolute Gasteiger partial charge is 0.351 e. The van der Waals surface area contributed by atoms with E-state index in [-0.39, 0.29) is 18.0 Å². The number of fused-ring (bicyclic) bond motifs is 1. The van der Waals surface area contributed by atoms with Crippen molar-refractivity contribution in [1.29, 1.82) is 0 Å². The third-order valence-corrected chi connectivity index (χ3v) is 3.22. The van der Waals surface area contributed by atoms with Crippen LogP contribution in [0.25, 0.3) is 10.9 Å². The number of nitrogens with zero attached hydrogens (tertiary/aromatic N) is 1. The van der Waals surface area contributed by atoms with Crippen LogP contribution in [0.2, 0.25) is 0 Å². The molecule has 0 spiro atoms. The number of carbonyl (C=O) groups excluding carboxylic acids is 1. The van der Waals surface area contributed by atoms with Gasteiger partial charge in [0, 0.05) is 19.2 Å². The van der Waals surface area contributed by atoms with Crippen molar-refractivity contribution in [3.63, 3.8) is 0 Å². The normalized spacial score (nSPS) is 12.4. The molecule has 100 valence electrons. The van der Waals surface area contributed by atoms with Crippen LogP contribution in [0.3, 0.4) is 0 Å². The summed E-state index contributed by atoms with van der Waals surface area (Å²) in [5.41, 5.74) is 1.31. The van der Waals surface area contributed by atoms with E-state index in [1.165, 1.54) is 0 Å². The first kappa shape index (κ1) is 13.6. The van der Waals surface area contributed by atoms with Crippen LogP contribution in [-0.2, 0) is 18.4 Å². The van der Waals surface area contributed by atoms with Crippen LogP contribution in [-0.4, -0.2) is 15.9 Å². The number of aryl methyl sites for hydroxylation is 1. The van der Waals surface area contributed by atoms with E-state index in [0.29, 0.717) is 5.56 Å². The van der Waals surface area contributed by atoms with E-state index < -0.39 is 5.38 Å². The van der Waals surface area contributed by atoms with Gasteiger partial charge in [-0.3, -0.25) is 9.59 Å². The molecule has 0 aliphatic heterocycles. The number of para-hydroxylation sites is 1. The van der Waals surface area contributed by atoms with Gasteiger partial charge in [-0.2, -0.15) is 0 Å². The molecule has 1 aromatic carbocycles. The molecule has 0 bridgehead atoms. The van der Waals surface area contributed by atoms with Crippen LogP contribution >= 0.6 is 11.6 Å². The Morgan fingerprint density at radius 2 is 2.11 bits per heavy atom. The minimum absolute atomic E-state index is 0.110. The van der Waals surface area contributed by atoms with E-state index in [1.54, 1.807) is 24.6 Å². The Kier molecular flexibility index (Phi) is 3.90. The van der Waals surface area contributed by atoms with Gasteiger partial charge in [0.1, 0.15) is 5.38 Å². The summed E-state index contributed by atoms with van der Waals surface area (Å²) in [5, 5.41) is 3.01. The van der Waals surface area contributed by atoms with Crippen molar-refractivity contribution < 1.29 is 4.79 Å². The Morgan fingerprint density at radius 3 is 2.79 bits per heavy atom. The summed E-state index contributed by atoms with van der Waals surface area (Å²) >= 11 is 5.67. The number of aromatic nitrogens is 1. The predicted octanol–water partition coefficient (Wildman–Crippen LogP) is 1.78. The molecule has 0 fully saturated rings. The number of alkyl halides is 1. The van der Waals surface area contributed by atoms with E-state index in [4.69, 9.17) is 11.6 Å². The zero-order valence-electron chi connectivity index (χ0n) is 10.8. The Balaban J connectivity index is 2.37. The molecule has 1 N–H and O–H groups in total. The van der Waals surface area contributed by atoms with Crippen molar-refractivity contribution in [2.75, 3.05) is 0 Å². The van der Waals surface area contributed by atoms with Crippen LogP contribution < -0.4 is 10.9 Å². The highest BCUT2D eigenvalue weighted by atomic mass is 35.5. The number of benzene rings is 1. The monoisotopic (exact) mass is 278 g/mol. The lowest BCUT2D eigenvalue weighted by atomic mass is 10.1. The maximum atomic E-state index is 12.1. The van der Waals surface area contributed by atoms with Gasteiger partial charge in [0.2, 0.25) is 5.91 Å². The Hall–Kier alpha value is -1.81. The van der Waals surface area contributed by atoms with Crippen molar-refractivity contribution in [3.8, 4) is 0 Å². The molecular formula is C14H15ClN2O2. The fourth-order valence-corrected chi connectivity index (χ4v) is 2.02. The highest BCUT2D eigenvalue weighted by molar-refractivity contribution is 6.30. The van der Waals surface area contributed by atoms with Crippen molar-refractivity contribution in [2.45, 2.75) is 18.8 Å².